The highest BCUT2D eigenvalue weighted by atomic mass is 79.9. The number of nitrogens with zero attached hydrogens (tertiary/aromatic N) is 1. The van der Waals surface area contributed by atoms with E-state index in [1.165, 1.54) is 0 Å². The van der Waals surface area contributed by atoms with Gasteiger partial charge in [0.15, 0.2) is 5.78 Å². The molecule has 0 bridgehead atoms. The molecule has 1 saturated heterocycles. The van der Waals surface area contributed by atoms with E-state index in [1.807, 2.05) is 6.92 Å². The van der Waals surface area contributed by atoms with Crippen molar-refractivity contribution >= 4 is 37.4 Å². The van der Waals surface area contributed by atoms with Crippen LogP contribution in [0.4, 0.5) is 5.69 Å². The number of hydrogen-bond acceptors (Lipinski definition) is 5. The Morgan fingerprint density at radius 1 is 1.20 bits per heavy atom. The van der Waals surface area contributed by atoms with E-state index in [0.29, 0.717) is 32.9 Å². The highest BCUT2D eigenvalue weighted by Crippen LogP contribution is 2.28. The van der Waals surface area contributed by atoms with Gasteiger partial charge < -0.3 is 10.1 Å². The molecule has 0 radical (unpaired) electrons. The van der Waals surface area contributed by atoms with E-state index in [9.17, 15) is 13.2 Å². The van der Waals surface area contributed by atoms with Gasteiger partial charge in [-0.3, -0.25) is 4.79 Å². The van der Waals surface area contributed by atoms with E-state index in [2.05, 4.69) is 21.2 Å². The minimum Gasteiger partial charge on any atom is -0.496 e. The van der Waals surface area contributed by atoms with Crippen LogP contribution in [-0.4, -0.2) is 44.7 Å². The van der Waals surface area contributed by atoms with Crippen LogP contribution in [0.1, 0.15) is 43.0 Å². The second-order valence-corrected chi connectivity index (χ2v) is 10.1. The topological polar surface area (TPSA) is 75.7 Å². The van der Waals surface area contributed by atoms with Gasteiger partial charge in [-0.05, 0) is 77.7 Å². The van der Waals surface area contributed by atoms with Crippen LogP contribution in [0.5, 0.6) is 5.75 Å². The summed E-state index contributed by atoms with van der Waals surface area (Å²) in [6, 6.07) is 11.9. The van der Waals surface area contributed by atoms with Crippen molar-refractivity contribution in [3.05, 3.63) is 52.5 Å². The Morgan fingerprint density at radius 3 is 2.57 bits per heavy atom. The third kappa shape index (κ3) is 5.04. The lowest BCUT2D eigenvalue weighted by Gasteiger charge is -2.34. The lowest BCUT2D eigenvalue weighted by Crippen LogP contribution is -2.43. The Kier molecular flexibility index (Phi) is 7.55. The molecule has 0 aromatic heterocycles. The number of carbonyl (C=O) groups is 1. The Bertz CT molecular complexity index is 993. The second kappa shape index (κ2) is 9.94. The number of ether oxygens (including phenoxy) is 1. The Balaban J connectivity index is 1.65. The summed E-state index contributed by atoms with van der Waals surface area (Å²) in [6.07, 6.45) is 3.71. The molecule has 0 spiro atoms. The molecule has 1 heterocycles. The Hall–Kier alpha value is -1.90. The van der Waals surface area contributed by atoms with Gasteiger partial charge in [0, 0.05) is 23.8 Å². The molecule has 3 rings (SSSR count). The molecule has 30 heavy (non-hydrogen) atoms. The van der Waals surface area contributed by atoms with Crippen molar-refractivity contribution < 1.29 is 17.9 Å². The first kappa shape index (κ1) is 22.8. The highest BCUT2D eigenvalue weighted by molar-refractivity contribution is 9.10. The fraction of sp³-hybridized carbons (Fsp3) is 0.409. The van der Waals surface area contributed by atoms with Gasteiger partial charge in [-0.15, -0.1) is 0 Å². The molecule has 1 fully saturated rings. The summed E-state index contributed by atoms with van der Waals surface area (Å²) < 4.78 is 33.6. The van der Waals surface area contributed by atoms with Crippen LogP contribution in [0.3, 0.4) is 0 Å². The summed E-state index contributed by atoms with van der Waals surface area (Å²) in [5, 5.41) is 3.06. The van der Waals surface area contributed by atoms with E-state index in [-0.39, 0.29) is 18.4 Å². The monoisotopic (exact) mass is 494 g/mol. The van der Waals surface area contributed by atoms with E-state index in [1.54, 1.807) is 53.9 Å². The van der Waals surface area contributed by atoms with Crippen molar-refractivity contribution in [3.63, 3.8) is 0 Å². The van der Waals surface area contributed by atoms with Gasteiger partial charge >= 0.3 is 0 Å². The first-order chi connectivity index (χ1) is 14.4. The summed E-state index contributed by atoms with van der Waals surface area (Å²) in [7, 11) is -1.93. The molecule has 1 unspecified atom stereocenters. The van der Waals surface area contributed by atoms with Gasteiger partial charge in [0.05, 0.1) is 23.0 Å². The molecular formula is C22H27BrN2O4S. The Labute approximate surface area is 186 Å². The maximum atomic E-state index is 13.0. The summed E-state index contributed by atoms with van der Waals surface area (Å²) in [5.74, 6) is 0.587. The highest BCUT2D eigenvalue weighted by Gasteiger charge is 2.32. The molecule has 1 aliphatic rings. The van der Waals surface area contributed by atoms with E-state index in [0.717, 1.165) is 25.7 Å². The number of hydrogen-bond donors (Lipinski definition) is 1. The van der Waals surface area contributed by atoms with Gasteiger partial charge in [-0.2, -0.15) is 4.31 Å². The number of ketones is 1. The molecule has 0 aliphatic carbocycles. The largest absolute Gasteiger partial charge is 0.496 e. The molecule has 1 N–H and O–H groups in total. The van der Waals surface area contributed by atoms with E-state index >= 15 is 0 Å². The smallest absolute Gasteiger partial charge is 0.243 e. The molecule has 2 aromatic rings. The average Bonchev–Trinajstić information content (AvgIpc) is 2.77. The van der Waals surface area contributed by atoms with Crippen molar-refractivity contribution in [1.29, 1.82) is 0 Å². The number of nitrogens with one attached hydrogen (secondary N) is 1. The molecule has 1 aliphatic heterocycles. The van der Waals surface area contributed by atoms with Gasteiger partial charge in [0.2, 0.25) is 10.0 Å². The lowest BCUT2D eigenvalue weighted by molar-refractivity contribution is 0.101. The van der Waals surface area contributed by atoms with Crippen LogP contribution in [0.2, 0.25) is 0 Å². The van der Waals surface area contributed by atoms with Gasteiger partial charge in [-0.1, -0.05) is 13.3 Å². The molecule has 1 atom stereocenters. The third-order valence-corrected chi connectivity index (χ3v) is 8.02. The van der Waals surface area contributed by atoms with Crippen LogP contribution >= 0.6 is 15.9 Å². The molecule has 2 aromatic carbocycles. The summed E-state index contributed by atoms with van der Waals surface area (Å²) >= 11 is 3.38. The molecule has 6 nitrogen and oxygen atoms in total. The van der Waals surface area contributed by atoms with E-state index in [4.69, 9.17) is 4.74 Å². The van der Waals surface area contributed by atoms with Gasteiger partial charge in [-0.25, -0.2) is 8.42 Å². The standard InChI is InChI=1S/C22H27BrN2O4S/c1-3-18-6-4-5-13-25(18)30(27,28)19-10-8-17(9-11-19)24-15-21(26)16-7-12-22(29-2)20(23)14-16/h7-12,14,18,24H,3-6,13,15H2,1-2H3. The van der Waals surface area contributed by atoms with Gasteiger partial charge in [0.1, 0.15) is 5.75 Å². The van der Waals surface area contributed by atoms with Crippen molar-refractivity contribution in [3.8, 4) is 5.75 Å². The van der Waals surface area contributed by atoms with Crippen molar-refractivity contribution in [2.24, 2.45) is 0 Å². The molecule has 0 amide bonds. The van der Waals surface area contributed by atoms with Crippen LogP contribution in [-0.2, 0) is 10.0 Å². The first-order valence-electron chi connectivity index (χ1n) is 10.1. The fourth-order valence-corrected chi connectivity index (χ4v) is 6.01. The maximum Gasteiger partial charge on any atom is 0.243 e. The number of halogens is 1. The average molecular weight is 495 g/mol. The van der Waals surface area contributed by atoms with Crippen molar-refractivity contribution in [2.75, 3.05) is 25.5 Å². The molecule has 8 heteroatoms. The minimum atomic E-state index is -3.50. The van der Waals surface area contributed by atoms with Gasteiger partial charge in [0.25, 0.3) is 0 Å². The zero-order valence-corrected chi connectivity index (χ0v) is 19.6. The number of benzene rings is 2. The van der Waals surface area contributed by atoms with E-state index < -0.39 is 10.0 Å². The lowest BCUT2D eigenvalue weighted by atomic mass is 10.0. The molecule has 0 saturated carbocycles. The number of methoxy groups -OCH3 is 1. The number of Topliss-reactive ketones (excluding diaryl/α,β-unsaturated/α-hetero) is 1. The zero-order valence-electron chi connectivity index (χ0n) is 17.2. The van der Waals surface area contributed by atoms with Crippen LogP contribution in [0.15, 0.2) is 51.8 Å². The maximum absolute atomic E-state index is 13.0. The number of piperidine rings is 1. The first-order valence-corrected chi connectivity index (χ1v) is 12.3. The number of sulfonamides is 1. The molecular weight excluding hydrogens is 468 g/mol. The summed E-state index contributed by atoms with van der Waals surface area (Å²) in [5.41, 5.74) is 1.26. The third-order valence-electron chi connectivity index (χ3n) is 5.43. The summed E-state index contributed by atoms with van der Waals surface area (Å²) in [4.78, 5) is 12.7. The quantitative estimate of drug-likeness (QED) is 0.537. The fourth-order valence-electron chi connectivity index (χ4n) is 3.70. The molecule has 162 valence electrons. The van der Waals surface area contributed by atoms with Crippen molar-refractivity contribution in [1.82, 2.24) is 4.31 Å². The summed E-state index contributed by atoms with van der Waals surface area (Å²) in [6.45, 7) is 2.71. The predicted octanol–water partition coefficient (Wildman–Crippen LogP) is 4.71. The van der Waals surface area contributed by atoms with Crippen LogP contribution in [0, 0.1) is 0 Å². The zero-order chi connectivity index (χ0) is 21.7. The second-order valence-electron chi connectivity index (χ2n) is 7.32. The predicted molar refractivity (Wildman–Crippen MR) is 122 cm³/mol. The van der Waals surface area contributed by atoms with Crippen LogP contribution < -0.4 is 10.1 Å². The Morgan fingerprint density at radius 2 is 1.93 bits per heavy atom. The normalized spacial score (nSPS) is 17.5. The van der Waals surface area contributed by atoms with Crippen LogP contribution in [0.25, 0.3) is 0 Å². The number of carbonyl (C=O) groups excluding carboxylic acids is 1. The number of anilines is 1. The SMILES string of the molecule is CCC1CCCCN1S(=O)(=O)c1ccc(NCC(=O)c2ccc(OC)c(Br)c2)cc1. The number of rotatable bonds is 8. The minimum absolute atomic E-state index is 0.0722. The van der Waals surface area contributed by atoms with Crippen molar-refractivity contribution in [2.45, 2.75) is 43.5 Å².